The fourth-order valence-corrected chi connectivity index (χ4v) is 1.43. The summed E-state index contributed by atoms with van der Waals surface area (Å²) in [5.74, 6) is 0. The van der Waals surface area contributed by atoms with Crippen molar-refractivity contribution in [3.05, 3.63) is 38.1 Å². The van der Waals surface area contributed by atoms with Crippen LogP contribution < -0.4 is 0 Å². The highest BCUT2D eigenvalue weighted by Crippen LogP contribution is 2.38. The quantitative estimate of drug-likeness (QED) is 0.448. The predicted molar refractivity (Wildman–Crippen MR) is 52.5 cm³/mol. The Hall–Kier alpha value is -0.420. The van der Waals surface area contributed by atoms with Gasteiger partial charge in [0, 0.05) is 0 Å². The van der Waals surface area contributed by atoms with Crippen LogP contribution in [0.5, 0.6) is 0 Å². The molecule has 0 aliphatic carbocycles. The largest absolute Gasteiger partial charge is 0.238 e. The number of hydrogen-bond donors (Lipinski definition) is 0. The zero-order valence-corrected chi connectivity index (χ0v) is 8.43. The Morgan fingerprint density at radius 2 is 1.83 bits per heavy atom. The summed E-state index contributed by atoms with van der Waals surface area (Å²) in [6.45, 7) is 8.55. The Kier molecular flexibility index (Phi) is 2.85. The monoisotopic (exact) mass is 219 g/mol. The molecule has 0 bridgehead atoms. The summed E-state index contributed by atoms with van der Waals surface area (Å²) in [4.78, 5) is 3.26. The standard InChI is InChI=1S/C8H4Cl3N/c1-4-6(12-2)3-5(9)8(11)7(4)10/h3H,1H3. The van der Waals surface area contributed by atoms with Crippen LogP contribution in [0.2, 0.25) is 15.1 Å². The summed E-state index contributed by atoms with van der Waals surface area (Å²) in [7, 11) is 0. The number of benzene rings is 1. The molecule has 0 aliphatic heterocycles. The number of hydrogen-bond acceptors (Lipinski definition) is 0. The first-order valence-corrected chi connectivity index (χ1v) is 4.23. The molecule has 0 N–H and O–H groups in total. The molecule has 0 saturated carbocycles. The first-order chi connectivity index (χ1) is 5.57. The van der Waals surface area contributed by atoms with Crippen molar-refractivity contribution in [3.8, 4) is 0 Å². The molecule has 0 heterocycles. The maximum absolute atomic E-state index is 6.81. The van der Waals surface area contributed by atoms with Crippen molar-refractivity contribution >= 4 is 40.5 Å². The second kappa shape index (κ2) is 3.53. The van der Waals surface area contributed by atoms with Gasteiger partial charge in [0.25, 0.3) is 0 Å². The zero-order valence-electron chi connectivity index (χ0n) is 6.16. The molecule has 0 atom stereocenters. The molecule has 0 amide bonds. The van der Waals surface area contributed by atoms with Crippen LogP contribution in [-0.4, -0.2) is 0 Å². The smallest absolute Gasteiger partial charge is 0.193 e. The van der Waals surface area contributed by atoms with Crippen LogP contribution in [0.3, 0.4) is 0 Å². The minimum absolute atomic E-state index is 0.309. The minimum atomic E-state index is 0.309. The lowest BCUT2D eigenvalue weighted by Gasteiger charge is -2.04. The first kappa shape index (κ1) is 9.67. The van der Waals surface area contributed by atoms with Crippen molar-refractivity contribution in [2.75, 3.05) is 0 Å². The van der Waals surface area contributed by atoms with E-state index in [-0.39, 0.29) is 0 Å². The lowest BCUT2D eigenvalue weighted by atomic mass is 10.2. The fourth-order valence-electron chi connectivity index (χ4n) is 0.790. The third kappa shape index (κ3) is 1.51. The second-order valence-electron chi connectivity index (χ2n) is 2.24. The number of nitrogens with zero attached hydrogens (tertiary/aromatic N) is 1. The van der Waals surface area contributed by atoms with E-state index in [2.05, 4.69) is 4.85 Å². The molecule has 0 aromatic heterocycles. The van der Waals surface area contributed by atoms with E-state index in [9.17, 15) is 0 Å². The summed E-state index contributed by atoms with van der Waals surface area (Å²) in [6.07, 6.45) is 0. The molecule has 0 fully saturated rings. The van der Waals surface area contributed by atoms with Crippen LogP contribution in [0, 0.1) is 13.5 Å². The highest BCUT2D eigenvalue weighted by molar-refractivity contribution is 6.48. The normalized spacial score (nSPS) is 9.58. The van der Waals surface area contributed by atoms with Gasteiger partial charge in [-0.15, -0.1) is 0 Å². The molecular weight excluding hydrogens is 216 g/mol. The fraction of sp³-hybridized carbons (Fsp3) is 0.125. The van der Waals surface area contributed by atoms with Gasteiger partial charge in [0.1, 0.15) is 0 Å². The summed E-state index contributed by atoms with van der Waals surface area (Å²) in [5.41, 5.74) is 1.11. The Morgan fingerprint density at radius 1 is 1.25 bits per heavy atom. The van der Waals surface area contributed by atoms with Crippen molar-refractivity contribution in [3.63, 3.8) is 0 Å². The third-order valence-corrected chi connectivity index (χ3v) is 2.86. The van der Waals surface area contributed by atoms with Crippen LogP contribution in [0.15, 0.2) is 6.07 Å². The maximum atomic E-state index is 6.81. The first-order valence-electron chi connectivity index (χ1n) is 3.09. The molecule has 1 rings (SSSR count). The van der Waals surface area contributed by atoms with Gasteiger partial charge in [0.2, 0.25) is 0 Å². The lowest BCUT2D eigenvalue weighted by Crippen LogP contribution is -1.78. The lowest BCUT2D eigenvalue weighted by molar-refractivity contribution is 1.49. The maximum Gasteiger partial charge on any atom is 0.193 e. The molecular formula is C8H4Cl3N. The molecule has 0 radical (unpaired) electrons. The molecule has 1 nitrogen and oxygen atoms in total. The van der Waals surface area contributed by atoms with E-state index in [0.717, 1.165) is 0 Å². The third-order valence-electron chi connectivity index (χ3n) is 1.50. The Labute approximate surface area is 85.7 Å². The SMILES string of the molecule is [C-]#[N+]c1cc(Cl)c(Cl)c(Cl)c1C. The van der Waals surface area contributed by atoms with Crippen LogP contribution >= 0.6 is 34.8 Å². The Morgan fingerprint density at radius 3 is 2.33 bits per heavy atom. The topological polar surface area (TPSA) is 4.36 Å². The van der Waals surface area contributed by atoms with Crippen molar-refractivity contribution < 1.29 is 0 Å². The molecule has 1 aromatic carbocycles. The highest BCUT2D eigenvalue weighted by Gasteiger charge is 2.10. The van der Waals surface area contributed by atoms with Gasteiger partial charge < -0.3 is 0 Å². The minimum Gasteiger partial charge on any atom is -0.238 e. The molecule has 0 spiro atoms. The van der Waals surface area contributed by atoms with E-state index >= 15 is 0 Å². The molecule has 12 heavy (non-hydrogen) atoms. The van der Waals surface area contributed by atoms with Crippen molar-refractivity contribution in [2.24, 2.45) is 0 Å². The van der Waals surface area contributed by atoms with E-state index in [1.54, 1.807) is 6.92 Å². The van der Waals surface area contributed by atoms with Crippen molar-refractivity contribution in [1.29, 1.82) is 0 Å². The predicted octanol–water partition coefficient (Wildman–Crippen LogP) is 4.51. The Bertz CT molecular complexity index is 366. The zero-order chi connectivity index (χ0) is 9.30. The molecule has 0 aliphatic rings. The van der Waals surface area contributed by atoms with Gasteiger partial charge in [0.15, 0.2) is 5.69 Å². The van der Waals surface area contributed by atoms with E-state index in [1.807, 2.05) is 0 Å². The molecule has 0 saturated heterocycles. The van der Waals surface area contributed by atoms with Crippen LogP contribution in [0.1, 0.15) is 5.56 Å². The van der Waals surface area contributed by atoms with Gasteiger partial charge in [-0.05, 0) is 18.6 Å². The summed E-state index contributed by atoms with van der Waals surface area (Å²) in [5, 5.41) is 0.983. The summed E-state index contributed by atoms with van der Waals surface area (Å²) in [6, 6.07) is 1.51. The molecule has 4 heteroatoms. The average molecular weight is 220 g/mol. The molecule has 62 valence electrons. The van der Waals surface area contributed by atoms with Gasteiger partial charge >= 0.3 is 0 Å². The number of halogens is 3. The van der Waals surface area contributed by atoms with Crippen LogP contribution in [-0.2, 0) is 0 Å². The Balaban J connectivity index is 3.52. The van der Waals surface area contributed by atoms with E-state index in [0.29, 0.717) is 26.3 Å². The van der Waals surface area contributed by atoms with Gasteiger partial charge in [-0.25, -0.2) is 4.85 Å². The van der Waals surface area contributed by atoms with E-state index in [1.165, 1.54) is 6.07 Å². The van der Waals surface area contributed by atoms with E-state index < -0.39 is 0 Å². The van der Waals surface area contributed by atoms with Crippen molar-refractivity contribution in [2.45, 2.75) is 6.92 Å². The van der Waals surface area contributed by atoms with Gasteiger partial charge in [-0.2, -0.15) is 0 Å². The highest BCUT2D eigenvalue weighted by atomic mass is 35.5. The second-order valence-corrected chi connectivity index (χ2v) is 3.41. The summed E-state index contributed by atoms with van der Waals surface area (Å²) < 4.78 is 0. The van der Waals surface area contributed by atoms with Crippen LogP contribution in [0.25, 0.3) is 4.85 Å². The van der Waals surface area contributed by atoms with Crippen LogP contribution in [0.4, 0.5) is 5.69 Å². The summed E-state index contributed by atoms with van der Waals surface area (Å²) >= 11 is 17.3. The molecule has 1 aromatic rings. The van der Waals surface area contributed by atoms with Gasteiger partial charge in [-0.3, -0.25) is 0 Å². The van der Waals surface area contributed by atoms with Gasteiger partial charge in [-0.1, -0.05) is 34.8 Å². The average Bonchev–Trinajstić information content (AvgIpc) is 2.08. The van der Waals surface area contributed by atoms with Gasteiger partial charge in [0.05, 0.1) is 21.6 Å². The van der Waals surface area contributed by atoms with Crippen molar-refractivity contribution in [1.82, 2.24) is 0 Å². The molecule has 0 unspecified atom stereocenters. The van der Waals surface area contributed by atoms with E-state index in [4.69, 9.17) is 41.4 Å². The number of rotatable bonds is 0.